The number of ether oxygens (including phenoxy) is 1. The van der Waals surface area contributed by atoms with Gasteiger partial charge in [0.1, 0.15) is 6.61 Å². The highest BCUT2D eigenvalue weighted by Gasteiger charge is 2.22. The zero-order valence-corrected chi connectivity index (χ0v) is 9.47. The van der Waals surface area contributed by atoms with Crippen molar-refractivity contribution in [2.24, 2.45) is 5.73 Å². The third-order valence-electron chi connectivity index (χ3n) is 2.28. The van der Waals surface area contributed by atoms with Crippen LogP contribution in [0, 0.1) is 23.3 Å². The maximum atomic E-state index is 13.1. The molecule has 0 aliphatic carbocycles. The van der Waals surface area contributed by atoms with Crippen LogP contribution in [0.1, 0.15) is 13.3 Å². The molecule has 0 aromatic heterocycles. The van der Waals surface area contributed by atoms with E-state index in [0.717, 1.165) is 0 Å². The van der Waals surface area contributed by atoms with Gasteiger partial charge in [0, 0.05) is 6.07 Å². The third-order valence-corrected chi connectivity index (χ3v) is 2.28. The van der Waals surface area contributed by atoms with E-state index in [4.69, 9.17) is 5.73 Å². The van der Waals surface area contributed by atoms with Crippen molar-refractivity contribution in [3.63, 3.8) is 0 Å². The van der Waals surface area contributed by atoms with E-state index in [-0.39, 0.29) is 6.07 Å². The van der Waals surface area contributed by atoms with Crippen molar-refractivity contribution in [3.8, 4) is 5.75 Å². The minimum Gasteiger partial charge on any atom is -0.479 e. The number of halogens is 4. The van der Waals surface area contributed by atoms with Gasteiger partial charge in [0.15, 0.2) is 23.2 Å². The van der Waals surface area contributed by atoms with Crippen LogP contribution in [0.25, 0.3) is 0 Å². The molecule has 0 saturated carbocycles. The van der Waals surface area contributed by atoms with Crippen molar-refractivity contribution in [2.75, 3.05) is 6.61 Å². The molecule has 100 valence electrons. The monoisotopic (exact) mass is 265 g/mol. The van der Waals surface area contributed by atoms with Gasteiger partial charge < -0.3 is 10.5 Å². The standard InChI is InChI=1S/C11H11F4NO2/c1-2-7(16)8(17)4-18-11-9(14)5(12)3-6(13)10(11)15/h3,7H,2,4,16H2,1H3/t7-/m0/s1. The molecular formula is C11H11F4NO2. The summed E-state index contributed by atoms with van der Waals surface area (Å²) in [4.78, 5) is 11.3. The average Bonchev–Trinajstić information content (AvgIpc) is 2.35. The van der Waals surface area contributed by atoms with E-state index in [1.807, 2.05) is 0 Å². The number of carbonyl (C=O) groups excluding carboxylic acids is 1. The molecule has 0 saturated heterocycles. The molecule has 0 bridgehead atoms. The molecule has 7 heteroatoms. The Morgan fingerprint density at radius 3 is 2.22 bits per heavy atom. The summed E-state index contributed by atoms with van der Waals surface area (Å²) in [6.07, 6.45) is 0.310. The second-order valence-corrected chi connectivity index (χ2v) is 3.57. The van der Waals surface area contributed by atoms with Gasteiger partial charge in [-0.1, -0.05) is 6.92 Å². The highest BCUT2D eigenvalue weighted by Crippen LogP contribution is 2.26. The minimum atomic E-state index is -1.69. The van der Waals surface area contributed by atoms with Gasteiger partial charge in [0.2, 0.25) is 11.6 Å². The van der Waals surface area contributed by atoms with Gasteiger partial charge in [-0.05, 0) is 6.42 Å². The highest BCUT2D eigenvalue weighted by molar-refractivity contribution is 5.85. The number of ketones is 1. The van der Waals surface area contributed by atoms with E-state index in [1.165, 1.54) is 0 Å². The number of hydrogen-bond acceptors (Lipinski definition) is 3. The molecule has 18 heavy (non-hydrogen) atoms. The molecule has 3 nitrogen and oxygen atoms in total. The van der Waals surface area contributed by atoms with Crippen LogP contribution in [0.15, 0.2) is 6.07 Å². The van der Waals surface area contributed by atoms with Gasteiger partial charge in [0.25, 0.3) is 0 Å². The molecule has 0 aliphatic rings. The van der Waals surface area contributed by atoms with E-state index in [9.17, 15) is 22.4 Å². The predicted molar refractivity (Wildman–Crippen MR) is 55.0 cm³/mol. The Bertz CT molecular complexity index is 439. The predicted octanol–water partition coefficient (Wildman–Crippen LogP) is 1.93. The number of hydrogen-bond donors (Lipinski definition) is 1. The second kappa shape index (κ2) is 5.81. The number of Topliss-reactive ketones (excluding diaryl/α,β-unsaturated/α-hetero) is 1. The van der Waals surface area contributed by atoms with Crippen molar-refractivity contribution in [3.05, 3.63) is 29.3 Å². The summed E-state index contributed by atoms with van der Waals surface area (Å²) in [5.41, 5.74) is 5.35. The summed E-state index contributed by atoms with van der Waals surface area (Å²) in [6, 6.07) is -0.800. The molecule has 0 amide bonds. The van der Waals surface area contributed by atoms with Crippen LogP contribution in [0.5, 0.6) is 5.75 Å². The quantitative estimate of drug-likeness (QED) is 0.653. The van der Waals surface area contributed by atoms with Crippen LogP contribution in [0.3, 0.4) is 0 Å². The highest BCUT2D eigenvalue weighted by atomic mass is 19.2. The largest absolute Gasteiger partial charge is 0.479 e. The summed E-state index contributed by atoms with van der Waals surface area (Å²) in [7, 11) is 0. The Balaban J connectivity index is 2.89. The van der Waals surface area contributed by atoms with Crippen molar-refractivity contribution in [1.29, 1.82) is 0 Å². The van der Waals surface area contributed by atoms with E-state index >= 15 is 0 Å². The average molecular weight is 265 g/mol. The zero-order chi connectivity index (χ0) is 13.9. The smallest absolute Gasteiger partial charge is 0.203 e. The van der Waals surface area contributed by atoms with Crippen LogP contribution >= 0.6 is 0 Å². The van der Waals surface area contributed by atoms with Crippen LogP contribution in [-0.2, 0) is 4.79 Å². The topological polar surface area (TPSA) is 52.3 Å². The molecule has 2 N–H and O–H groups in total. The maximum absolute atomic E-state index is 13.1. The molecule has 0 fully saturated rings. The summed E-state index contributed by atoms with van der Waals surface area (Å²) in [6.45, 7) is 0.872. The van der Waals surface area contributed by atoms with Gasteiger partial charge in [-0.15, -0.1) is 0 Å². The Morgan fingerprint density at radius 2 is 1.78 bits per heavy atom. The van der Waals surface area contributed by atoms with Crippen LogP contribution in [0.4, 0.5) is 17.6 Å². The Morgan fingerprint density at radius 1 is 1.28 bits per heavy atom. The lowest BCUT2D eigenvalue weighted by molar-refractivity contribution is -0.122. The maximum Gasteiger partial charge on any atom is 0.203 e. The first-order valence-corrected chi connectivity index (χ1v) is 5.12. The molecular weight excluding hydrogens is 254 g/mol. The lowest BCUT2D eigenvalue weighted by Gasteiger charge is -2.11. The minimum absolute atomic E-state index is 0.0527. The fourth-order valence-corrected chi connectivity index (χ4v) is 1.16. The van der Waals surface area contributed by atoms with Crippen LogP contribution in [-0.4, -0.2) is 18.4 Å². The first-order valence-electron chi connectivity index (χ1n) is 5.12. The molecule has 1 atom stereocenters. The van der Waals surface area contributed by atoms with Gasteiger partial charge in [-0.3, -0.25) is 4.79 Å². The number of carbonyl (C=O) groups is 1. The SMILES string of the molecule is CC[C@H](N)C(=O)COc1c(F)c(F)cc(F)c1F. The van der Waals surface area contributed by atoms with Gasteiger partial charge in [-0.25, -0.2) is 8.78 Å². The Kier molecular flexibility index (Phi) is 4.66. The zero-order valence-electron chi connectivity index (χ0n) is 9.47. The van der Waals surface area contributed by atoms with E-state index < -0.39 is 47.5 Å². The Hall–Kier alpha value is -1.63. The molecule has 1 aromatic rings. The van der Waals surface area contributed by atoms with Crippen LogP contribution < -0.4 is 10.5 Å². The van der Waals surface area contributed by atoms with E-state index in [2.05, 4.69) is 4.74 Å². The van der Waals surface area contributed by atoms with Crippen molar-refractivity contribution in [1.82, 2.24) is 0 Å². The van der Waals surface area contributed by atoms with E-state index in [0.29, 0.717) is 6.42 Å². The van der Waals surface area contributed by atoms with Crippen molar-refractivity contribution < 1.29 is 27.1 Å². The van der Waals surface area contributed by atoms with Crippen molar-refractivity contribution in [2.45, 2.75) is 19.4 Å². The molecule has 1 rings (SSSR count). The normalized spacial score (nSPS) is 12.3. The molecule has 1 aromatic carbocycles. The molecule has 0 spiro atoms. The van der Waals surface area contributed by atoms with Crippen molar-refractivity contribution >= 4 is 5.78 Å². The molecule has 0 unspecified atom stereocenters. The summed E-state index contributed by atoms with van der Waals surface area (Å²) < 4.78 is 56.3. The summed E-state index contributed by atoms with van der Waals surface area (Å²) in [5, 5.41) is 0. The third kappa shape index (κ3) is 2.98. The summed E-state index contributed by atoms with van der Waals surface area (Å²) in [5.74, 6) is -8.46. The van der Waals surface area contributed by atoms with Crippen LogP contribution in [0.2, 0.25) is 0 Å². The molecule has 0 radical (unpaired) electrons. The van der Waals surface area contributed by atoms with E-state index in [1.54, 1.807) is 6.92 Å². The fraction of sp³-hybridized carbons (Fsp3) is 0.364. The van der Waals surface area contributed by atoms with Gasteiger partial charge >= 0.3 is 0 Å². The molecule has 0 aliphatic heterocycles. The lowest BCUT2D eigenvalue weighted by Crippen LogP contribution is -2.33. The first kappa shape index (κ1) is 14.4. The summed E-state index contributed by atoms with van der Waals surface area (Å²) >= 11 is 0. The number of benzene rings is 1. The number of rotatable bonds is 5. The number of nitrogens with two attached hydrogens (primary N) is 1. The second-order valence-electron chi connectivity index (χ2n) is 3.57. The molecule has 0 heterocycles. The fourth-order valence-electron chi connectivity index (χ4n) is 1.16. The van der Waals surface area contributed by atoms with Gasteiger partial charge in [0.05, 0.1) is 6.04 Å². The lowest BCUT2D eigenvalue weighted by atomic mass is 10.1. The Labute approximate surface area is 101 Å². The van der Waals surface area contributed by atoms with Gasteiger partial charge in [-0.2, -0.15) is 8.78 Å². The first-order chi connectivity index (χ1) is 8.38.